The summed E-state index contributed by atoms with van der Waals surface area (Å²) < 4.78 is 2.45. The number of thiophene rings is 1. The molecular weight excluding hydrogens is 234 g/mol. The molecule has 0 amide bonds. The predicted molar refractivity (Wildman–Crippen MR) is 59.1 cm³/mol. The van der Waals surface area contributed by atoms with Crippen LogP contribution >= 0.6 is 27.3 Å². The van der Waals surface area contributed by atoms with Gasteiger partial charge < -0.3 is 5.32 Å². The lowest BCUT2D eigenvalue weighted by Gasteiger charge is -1.88. The van der Waals surface area contributed by atoms with Crippen molar-refractivity contribution in [2.24, 2.45) is 0 Å². The van der Waals surface area contributed by atoms with Gasteiger partial charge in [0.2, 0.25) is 0 Å². The average Bonchev–Trinajstić information content (AvgIpc) is 2.46. The molecular formula is C9H8BrNS. The van der Waals surface area contributed by atoms with Crippen LogP contribution in [0.4, 0.5) is 5.00 Å². The highest BCUT2D eigenvalue weighted by atomic mass is 79.9. The molecule has 3 heteroatoms. The van der Waals surface area contributed by atoms with Crippen LogP contribution in [-0.4, -0.2) is 7.05 Å². The minimum Gasteiger partial charge on any atom is -0.380 e. The molecule has 0 aliphatic rings. The third kappa shape index (κ3) is 1.34. The first kappa shape index (κ1) is 8.08. The SMILES string of the molecule is CNc1cc2ccc(Br)cc2s1. The molecule has 0 radical (unpaired) electrons. The third-order valence-corrected chi connectivity index (χ3v) is 3.34. The molecule has 2 aromatic rings. The van der Waals surface area contributed by atoms with Gasteiger partial charge in [-0.2, -0.15) is 0 Å². The number of hydrogen-bond donors (Lipinski definition) is 1. The summed E-state index contributed by atoms with van der Waals surface area (Å²) in [6, 6.07) is 8.48. The van der Waals surface area contributed by atoms with E-state index in [0.29, 0.717) is 0 Å². The Kier molecular flexibility index (Phi) is 2.07. The molecule has 2 rings (SSSR count). The Morgan fingerprint density at radius 3 is 2.92 bits per heavy atom. The van der Waals surface area contributed by atoms with Gasteiger partial charge in [0.25, 0.3) is 0 Å². The van der Waals surface area contributed by atoms with Gasteiger partial charge in [-0.15, -0.1) is 11.3 Å². The van der Waals surface area contributed by atoms with E-state index in [-0.39, 0.29) is 0 Å². The number of benzene rings is 1. The van der Waals surface area contributed by atoms with Crippen LogP contribution in [0, 0.1) is 0 Å². The predicted octanol–water partition coefficient (Wildman–Crippen LogP) is 3.71. The first-order valence-electron chi connectivity index (χ1n) is 3.66. The second-order valence-corrected chi connectivity index (χ2v) is 4.54. The number of rotatable bonds is 1. The molecule has 0 saturated heterocycles. The van der Waals surface area contributed by atoms with E-state index in [2.05, 4.69) is 45.5 Å². The number of hydrogen-bond acceptors (Lipinski definition) is 2. The van der Waals surface area contributed by atoms with Gasteiger partial charge in [0.05, 0.1) is 5.00 Å². The zero-order valence-corrected chi connectivity index (χ0v) is 9.00. The van der Waals surface area contributed by atoms with Crippen molar-refractivity contribution < 1.29 is 0 Å². The number of anilines is 1. The van der Waals surface area contributed by atoms with Gasteiger partial charge in [-0.1, -0.05) is 22.0 Å². The van der Waals surface area contributed by atoms with E-state index < -0.39 is 0 Å². The average molecular weight is 242 g/mol. The number of halogens is 1. The van der Waals surface area contributed by atoms with E-state index in [9.17, 15) is 0 Å². The number of nitrogens with one attached hydrogen (secondary N) is 1. The van der Waals surface area contributed by atoms with Crippen molar-refractivity contribution in [1.29, 1.82) is 0 Å². The Morgan fingerprint density at radius 1 is 1.33 bits per heavy atom. The fourth-order valence-corrected chi connectivity index (χ4v) is 2.60. The summed E-state index contributed by atoms with van der Waals surface area (Å²) in [5.41, 5.74) is 0. The normalized spacial score (nSPS) is 10.5. The Hall–Kier alpha value is -0.540. The molecule has 0 fully saturated rings. The molecule has 0 aliphatic carbocycles. The summed E-state index contributed by atoms with van der Waals surface area (Å²) in [7, 11) is 1.94. The molecule has 12 heavy (non-hydrogen) atoms. The Labute approximate surface area is 83.5 Å². The van der Waals surface area contributed by atoms with Crippen molar-refractivity contribution in [2.75, 3.05) is 12.4 Å². The van der Waals surface area contributed by atoms with E-state index >= 15 is 0 Å². The van der Waals surface area contributed by atoms with Gasteiger partial charge in [0.1, 0.15) is 0 Å². The number of fused-ring (bicyclic) bond motifs is 1. The van der Waals surface area contributed by atoms with Gasteiger partial charge in [-0.25, -0.2) is 0 Å². The van der Waals surface area contributed by atoms with Gasteiger partial charge in [0.15, 0.2) is 0 Å². The molecule has 1 aromatic carbocycles. The summed E-state index contributed by atoms with van der Waals surface area (Å²) in [6.07, 6.45) is 0. The third-order valence-electron chi connectivity index (χ3n) is 1.73. The maximum atomic E-state index is 3.45. The molecule has 0 atom stereocenters. The van der Waals surface area contributed by atoms with Crippen LogP contribution in [0.25, 0.3) is 10.1 Å². The van der Waals surface area contributed by atoms with Crippen LogP contribution in [-0.2, 0) is 0 Å². The van der Waals surface area contributed by atoms with Crippen molar-refractivity contribution in [1.82, 2.24) is 0 Å². The molecule has 0 bridgehead atoms. The standard InChI is InChI=1S/C9H8BrNS/c1-11-9-4-6-2-3-7(10)5-8(6)12-9/h2-5,11H,1H3. The molecule has 1 aromatic heterocycles. The van der Waals surface area contributed by atoms with Crippen LogP contribution in [0.2, 0.25) is 0 Å². The van der Waals surface area contributed by atoms with E-state index in [0.717, 1.165) is 4.47 Å². The second kappa shape index (κ2) is 3.07. The lowest BCUT2D eigenvalue weighted by atomic mass is 10.3. The Bertz CT molecular complexity index is 408. The van der Waals surface area contributed by atoms with Crippen molar-refractivity contribution in [2.45, 2.75) is 0 Å². The van der Waals surface area contributed by atoms with E-state index in [1.165, 1.54) is 15.1 Å². The smallest absolute Gasteiger partial charge is 0.0892 e. The lowest BCUT2D eigenvalue weighted by molar-refractivity contribution is 1.60. The van der Waals surface area contributed by atoms with Crippen molar-refractivity contribution in [3.05, 3.63) is 28.7 Å². The maximum Gasteiger partial charge on any atom is 0.0892 e. The van der Waals surface area contributed by atoms with E-state index in [1.54, 1.807) is 11.3 Å². The van der Waals surface area contributed by atoms with Crippen molar-refractivity contribution >= 4 is 42.4 Å². The first-order chi connectivity index (χ1) is 5.79. The minimum absolute atomic E-state index is 1.14. The van der Waals surface area contributed by atoms with Crippen LogP contribution in [0.3, 0.4) is 0 Å². The van der Waals surface area contributed by atoms with Crippen molar-refractivity contribution in [3.63, 3.8) is 0 Å². The largest absolute Gasteiger partial charge is 0.380 e. The van der Waals surface area contributed by atoms with Gasteiger partial charge in [-0.05, 0) is 23.6 Å². The first-order valence-corrected chi connectivity index (χ1v) is 5.27. The summed E-state index contributed by atoms with van der Waals surface area (Å²) >= 11 is 5.22. The molecule has 1 nitrogen and oxygen atoms in total. The highest BCUT2D eigenvalue weighted by Crippen LogP contribution is 2.31. The maximum absolute atomic E-state index is 3.45. The summed E-state index contributed by atoms with van der Waals surface area (Å²) in [4.78, 5) is 0. The molecule has 0 aliphatic heterocycles. The molecule has 1 N–H and O–H groups in total. The van der Waals surface area contributed by atoms with Gasteiger partial charge >= 0.3 is 0 Å². The lowest BCUT2D eigenvalue weighted by Crippen LogP contribution is -1.79. The Balaban J connectivity index is 2.67. The van der Waals surface area contributed by atoms with Crippen LogP contribution < -0.4 is 5.32 Å². The van der Waals surface area contributed by atoms with E-state index in [1.807, 2.05) is 7.05 Å². The quantitative estimate of drug-likeness (QED) is 0.803. The zero-order valence-electron chi connectivity index (χ0n) is 6.60. The summed E-state index contributed by atoms with van der Waals surface area (Å²) in [6.45, 7) is 0. The highest BCUT2D eigenvalue weighted by molar-refractivity contribution is 9.10. The summed E-state index contributed by atoms with van der Waals surface area (Å²) in [5.74, 6) is 0. The van der Waals surface area contributed by atoms with Crippen molar-refractivity contribution in [3.8, 4) is 0 Å². The fraction of sp³-hybridized carbons (Fsp3) is 0.111. The topological polar surface area (TPSA) is 12.0 Å². The monoisotopic (exact) mass is 241 g/mol. The molecule has 62 valence electrons. The van der Waals surface area contributed by atoms with Crippen LogP contribution in [0.15, 0.2) is 28.7 Å². The minimum atomic E-state index is 1.14. The highest BCUT2D eigenvalue weighted by Gasteiger charge is 1.99. The molecule has 0 unspecified atom stereocenters. The van der Waals surface area contributed by atoms with Gasteiger partial charge in [0, 0.05) is 16.2 Å². The van der Waals surface area contributed by atoms with Gasteiger partial charge in [-0.3, -0.25) is 0 Å². The van der Waals surface area contributed by atoms with Crippen LogP contribution in [0.1, 0.15) is 0 Å². The summed E-state index contributed by atoms with van der Waals surface area (Å²) in [5, 5.41) is 5.65. The second-order valence-electron chi connectivity index (χ2n) is 2.54. The fourth-order valence-electron chi connectivity index (χ4n) is 1.13. The van der Waals surface area contributed by atoms with Crippen LogP contribution in [0.5, 0.6) is 0 Å². The Morgan fingerprint density at radius 2 is 2.17 bits per heavy atom. The molecule has 1 heterocycles. The molecule has 0 saturated carbocycles. The zero-order chi connectivity index (χ0) is 8.55. The van der Waals surface area contributed by atoms with E-state index in [4.69, 9.17) is 0 Å². The molecule has 0 spiro atoms.